The van der Waals surface area contributed by atoms with Crippen molar-refractivity contribution in [1.29, 1.82) is 0 Å². The van der Waals surface area contributed by atoms with Gasteiger partial charge in [-0.3, -0.25) is 14.6 Å². The van der Waals surface area contributed by atoms with Gasteiger partial charge < -0.3 is 5.11 Å². The van der Waals surface area contributed by atoms with Crippen molar-refractivity contribution >= 4 is 11.9 Å². The number of nitrogens with zero attached hydrogens (tertiary/aromatic N) is 1. The minimum Gasteiger partial charge on any atom is -0.481 e. The van der Waals surface area contributed by atoms with Crippen LogP contribution in [0.2, 0.25) is 0 Å². The Hall–Kier alpha value is -1.10. The highest BCUT2D eigenvalue weighted by Gasteiger charge is 2.49. The lowest BCUT2D eigenvalue weighted by Crippen LogP contribution is -2.48. The molecule has 0 unspecified atom stereocenters. The molecule has 1 saturated carbocycles. The van der Waals surface area contributed by atoms with E-state index in [-0.39, 0.29) is 11.8 Å². The normalized spacial score (nSPS) is 31.3. The van der Waals surface area contributed by atoms with Crippen LogP contribution in [-0.4, -0.2) is 35.1 Å². The molecule has 2 rings (SSSR count). The first-order valence-electron chi connectivity index (χ1n) is 4.98. The second-order valence-corrected chi connectivity index (χ2v) is 3.89. The van der Waals surface area contributed by atoms with Crippen molar-refractivity contribution in [3.05, 3.63) is 0 Å². The molecule has 2 atom stereocenters. The maximum Gasteiger partial charge on any atom is 0.307 e. The van der Waals surface area contributed by atoms with Crippen molar-refractivity contribution in [2.24, 2.45) is 11.8 Å². The molecule has 1 aliphatic carbocycles. The third-order valence-corrected chi connectivity index (χ3v) is 2.80. The molecule has 1 heterocycles. The van der Waals surface area contributed by atoms with E-state index in [1.54, 1.807) is 5.01 Å². The van der Waals surface area contributed by atoms with Crippen LogP contribution in [-0.2, 0) is 9.59 Å². The second-order valence-electron chi connectivity index (χ2n) is 3.89. The van der Waals surface area contributed by atoms with E-state index in [1.807, 2.05) is 0 Å². The molecule has 0 aromatic carbocycles. The van der Waals surface area contributed by atoms with Gasteiger partial charge in [-0.05, 0) is 19.3 Å². The summed E-state index contributed by atoms with van der Waals surface area (Å²) in [6.07, 6.45) is 2.59. The SMILES string of the molecule is O=C(O)[C@@H]1C[C@@H]1C(=O)N1CCCCN1. The molecule has 5 heteroatoms. The van der Waals surface area contributed by atoms with Crippen LogP contribution in [0.15, 0.2) is 0 Å². The average Bonchev–Trinajstić information content (AvgIpc) is 2.97. The number of rotatable bonds is 2. The predicted octanol–water partition coefficient (Wildman–Crippen LogP) is -0.166. The molecule has 0 aromatic heterocycles. The lowest BCUT2D eigenvalue weighted by atomic mass is 10.2. The Morgan fingerprint density at radius 1 is 1.29 bits per heavy atom. The molecule has 0 aromatic rings. The van der Waals surface area contributed by atoms with Gasteiger partial charge >= 0.3 is 5.97 Å². The van der Waals surface area contributed by atoms with Gasteiger partial charge in [0.25, 0.3) is 0 Å². The standard InChI is InChI=1S/C9H14N2O3/c12-8(6-5-7(6)9(13)14)11-4-2-1-3-10-11/h6-7,10H,1-5H2,(H,13,14)/t6-,7+/m0/s1. The molecular weight excluding hydrogens is 184 g/mol. The highest BCUT2D eigenvalue weighted by molar-refractivity contribution is 5.89. The average molecular weight is 198 g/mol. The van der Waals surface area contributed by atoms with Crippen molar-refractivity contribution in [3.63, 3.8) is 0 Å². The molecule has 0 radical (unpaired) electrons. The van der Waals surface area contributed by atoms with Gasteiger partial charge in [0.05, 0.1) is 11.8 Å². The molecule has 1 amide bonds. The maximum atomic E-state index is 11.7. The first-order chi connectivity index (χ1) is 6.70. The van der Waals surface area contributed by atoms with Gasteiger partial charge in [-0.2, -0.15) is 0 Å². The molecule has 0 spiro atoms. The molecule has 14 heavy (non-hydrogen) atoms. The van der Waals surface area contributed by atoms with Gasteiger partial charge in [-0.15, -0.1) is 0 Å². The van der Waals surface area contributed by atoms with Crippen molar-refractivity contribution in [3.8, 4) is 0 Å². The minimum atomic E-state index is -0.847. The molecule has 2 N–H and O–H groups in total. The van der Waals surface area contributed by atoms with Crippen LogP contribution in [0.25, 0.3) is 0 Å². The number of hydrazine groups is 1. The number of carboxylic acid groups (broad SMARTS) is 1. The topological polar surface area (TPSA) is 69.6 Å². The third-order valence-electron chi connectivity index (χ3n) is 2.80. The Balaban J connectivity index is 1.87. The van der Waals surface area contributed by atoms with Crippen LogP contribution in [0.1, 0.15) is 19.3 Å². The van der Waals surface area contributed by atoms with Gasteiger partial charge in [0.2, 0.25) is 5.91 Å². The van der Waals surface area contributed by atoms with E-state index in [0.717, 1.165) is 19.4 Å². The van der Waals surface area contributed by atoms with E-state index >= 15 is 0 Å². The van der Waals surface area contributed by atoms with E-state index in [0.29, 0.717) is 13.0 Å². The first-order valence-corrected chi connectivity index (χ1v) is 4.98. The van der Waals surface area contributed by atoms with Crippen LogP contribution >= 0.6 is 0 Å². The number of carboxylic acids is 1. The summed E-state index contributed by atoms with van der Waals surface area (Å²) >= 11 is 0. The predicted molar refractivity (Wildman–Crippen MR) is 48.2 cm³/mol. The number of hydrogen-bond acceptors (Lipinski definition) is 3. The van der Waals surface area contributed by atoms with Crippen molar-refractivity contribution in [2.75, 3.05) is 13.1 Å². The van der Waals surface area contributed by atoms with Crippen LogP contribution in [0.3, 0.4) is 0 Å². The maximum absolute atomic E-state index is 11.7. The lowest BCUT2D eigenvalue weighted by Gasteiger charge is -2.27. The van der Waals surface area contributed by atoms with Crippen LogP contribution in [0.5, 0.6) is 0 Å². The Morgan fingerprint density at radius 2 is 2.07 bits per heavy atom. The second kappa shape index (κ2) is 3.57. The third kappa shape index (κ3) is 1.72. The summed E-state index contributed by atoms with van der Waals surface area (Å²) in [7, 11) is 0. The fourth-order valence-corrected chi connectivity index (χ4v) is 1.82. The van der Waals surface area contributed by atoms with Crippen molar-refractivity contribution < 1.29 is 14.7 Å². The Bertz CT molecular complexity index is 261. The van der Waals surface area contributed by atoms with Gasteiger partial charge in [0.15, 0.2) is 0 Å². The molecule has 1 aliphatic heterocycles. The largest absolute Gasteiger partial charge is 0.481 e. The number of amides is 1. The van der Waals surface area contributed by atoms with Gasteiger partial charge in [0, 0.05) is 13.1 Å². The van der Waals surface area contributed by atoms with E-state index < -0.39 is 11.9 Å². The summed E-state index contributed by atoms with van der Waals surface area (Å²) in [6.45, 7) is 1.53. The molecule has 2 fully saturated rings. The number of nitrogens with one attached hydrogen (secondary N) is 1. The fourth-order valence-electron chi connectivity index (χ4n) is 1.82. The summed E-state index contributed by atoms with van der Waals surface area (Å²) in [4.78, 5) is 22.2. The Labute approximate surface area is 82.0 Å². The van der Waals surface area contributed by atoms with Gasteiger partial charge in [-0.1, -0.05) is 0 Å². The molecule has 5 nitrogen and oxygen atoms in total. The molecular formula is C9H14N2O3. The first kappa shape index (κ1) is 9.45. The van der Waals surface area contributed by atoms with E-state index in [1.165, 1.54) is 0 Å². The Morgan fingerprint density at radius 3 is 2.57 bits per heavy atom. The summed E-state index contributed by atoms with van der Waals surface area (Å²) in [5.41, 5.74) is 2.99. The molecule has 0 bridgehead atoms. The molecule has 2 aliphatic rings. The van der Waals surface area contributed by atoms with Crippen LogP contribution in [0.4, 0.5) is 0 Å². The van der Waals surface area contributed by atoms with Crippen molar-refractivity contribution in [1.82, 2.24) is 10.4 Å². The van der Waals surface area contributed by atoms with Crippen LogP contribution in [0, 0.1) is 11.8 Å². The highest BCUT2D eigenvalue weighted by atomic mass is 16.4. The zero-order chi connectivity index (χ0) is 10.1. The zero-order valence-electron chi connectivity index (χ0n) is 7.90. The number of carbonyl (C=O) groups excluding carboxylic acids is 1. The van der Waals surface area contributed by atoms with Crippen molar-refractivity contribution in [2.45, 2.75) is 19.3 Å². The monoisotopic (exact) mass is 198 g/mol. The van der Waals surface area contributed by atoms with Gasteiger partial charge in [-0.25, -0.2) is 5.43 Å². The smallest absolute Gasteiger partial charge is 0.307 e. The summed E-state index contributed by atoms with van der Waals surface area (Å²) < 4.78 is 0. The fraction of sp³-hybridized carbons (Fsp3) is 0.778. The number of hydrogen-bond donors (Lipinski definition) is 2. The van der Waals surface area contributed by atoms with E-state index in [2.05, 4.69) is 5.43 Å². The summed E-state index contributed by atoms with van der Waals surface area (Å²) in [5, 5.41) is 10.3. The summed E-state index contributed by atoms with van der Waals surface area (Å²) in [5.74, 6) is -1.61. The van der Waals surface area contributed by atoms with Gasteiger partial charge in [0.1, 0.15) is 0 Å². The van der Waals surface area contributed by atoms with Crippen LogP contribution < -0.4 is 5.43 Å². The summed E-state index contributed by atoms with van der Waals surface area (Å²) in [6, 6.07) is 0. The minimum absolute atomic E-state index is 0.0444. The number of carbonyl (C=O) groups is 2. The number of aliphatic carboxylic acids is 1. The highest BCUT2D eigenvalue weighted by Crippen LogP contribution is 2.39. The zero-order valence-corrected chi connectivity index (χ0v) is 7.90. The molecule has 78 valence electrons. The van der Waals surface area contributed by atoms with E-state index in [9.17, 15) is 9.59 Å². The quantitative estimate of drug-likeness (QED) is 0.646. The molecule has 1 saturated heterocycles. The lowest BCUT2D eigenvalue weighted by molar-refractivity contribution is -0.143. The van der Waals surface area contributed by atoms with E-state index in [4.69, 9.17) is 5.11 Å². The Kier molecular flexibility index (Phi) is 2.41.